The third-order valence-corrected chi connectivity index (χ3v) is 6.99. The van der Waals surface area contributed by atoms with Crippen molar-refractivity contribution in [3.63, 3.8) is 0 Å². The Bertz CT molecular complexity index is 717. The average molecular weight is 354 g/mol. The quantitative estimate of drug-likeness (QED) is 0.415. The highest BCUT2D eigenvalue weighted by atomic mass is 32.2. The monoisotopic (exact) mass is 354 g/mol. The molecule has 0 saturated heterocycles. The van der Waals surface area contributed by atoms with E-state index in [0.29, 0.717) is 25.8 Å². The van der Waals surface area contributed by atoms with E-state index >= 15 is 0 Å². The van der Waals surface area contributed by atoms with Gasteiger partial charge in [-0.2, -0.15) is 8.42 Å². The second kappa shape index (κ2) is 6.31. The van der Waals surface area contributed by atoms with Crippen molar-refractivity contribution in [3.05, 3.63) is 35.6 Å². The smallest absolute Gasteiger partial charge is 0.303 e. The minimum atomic E-state index is -4.36. The molecule has 132 valence electrons. The molecule has 1 aliphatic carbocycles. The van der Waals surface area contributed by atoms with Gasteiger partial charge in [-0.05, 0) is 33.6 Å². The number of carboxylic acids is 1. The van der Waals surface area contributed by atoms with Gasteiger partial charge in [-0.15, -0.1) is 0 Å². The summed E-state index contributed by atoms with van der Waals surface area (Å²) in [7, 11) is -4.36. The fourth-order valence-electron chi connectivity index (χ4n) is 3.49. The first kappa shape index (κ1) is 18.6. The minimum absolute atomic E-state index is 0.104. The van der Waals surface area contributed by atoms with Gasteiger partial charge in [0.15, 0.2) is 10.6 Å². The number of unbranched alkanes of at least 4 members (excludes halogenated alkanes) is 2. The van der Waals surface area contributed by atoms with E-state index in [9.17, 15) is 17.8 Å². The summed E-state index contributed by atoms with van der Waals surface area (Å²) in [5.74, 6) is -0.832. The van der Waals surface area contributed by atoms with Crippen LogP contribution in [0.1, 0.15) is 46.5 Å². The van der Waals surface area contributed by atoms with E-state index in [2.05, 4.69) is 6.08 Å². The van der Waals surface area contributed by atoms with Crippen LogP contribution in [0.3, 0.4) is 0 Å². The molecule has 0 fully saturated rings. The SMILES string of the molecule is CC1(C)C2=C(C=C[C+]=C2)N(CCCCCC(=O)O)C1(C)S(=O)(=O)O. The molecule has 24 heavy (non-hydrogen) atoms. The Balaban J connectivity index is 2.28. The molecule has 1 aliphatic heterocycles. The summed E-state index contributed by atoms with van der Waals surface area (Å²) in [5.41, 5.74) is 0.794. The van der Waals surface area contributed by atoms with Crippen molar-refractivity contribution in [2.24, 2.45) is 5.41 Å². The minimum Gasteiger partial charge on any atom is -0.481 e. The van der Waals surface area contributed by atoms with Crippen LogP contribution in [0.15, 0.2) is 29.5 Å². The summed E-state index contributed by atoms with van der Waals surface area (Å²) < 4.78 is 34.5. The molecule has 2 rings (SSSR count). The first-order valence-corrected chi connectivity index (χ1v) is 9.44. The maximum absolute atomic E-state index is 12.3. The second-order valence-corrected chi connectivity index (χ2v) is 8.63. The molecule has 0 aromatic rings. The van der Waals surface area contributed by atoms with Gasteiger partial charge in [-0.25, -0.2) is 0 Å². The van der Waals surface area contributed by atoms with Crippen molar-refractivity contribution >= 4 is 16.1 Å². The van der Waals surface area contributed by atoms with Crippen LogP contribution in [0.5, 0.6) is 0 Å². The zero-order chi connectivity index (χ0) is 18.2. The van der Waals surface area contributed by atoms with Crippen LogP contribution in [0, 0.1) is 11.5 Å². The third-order valence-electron chi connectivity index (χ3n) is 5.25. The first-order chi connectivity index (χ1) is 11.0. The van der Waals surface area contributed by atoms with Gasteiger partial charge in [0.25, 0.3) is 10.1 Å². The van der Waals surface area contributed by atoms with Crippen molar-refractivity contribution in [1.82, 2.24) is 4.90 Å². The Labute approximate surface area is 143 Å². The molecule has 2 aliphatic rings. The second-order valence-electron chi connectivity index (χ2n) is 6.88. The highest BCUT2D eigenvalue weighted by Crippen LogP contribution is 2.54. The normalized spacial score (nSPS) is 24.9. The number of hydrogen-bond acceptors (Lipinski definition) is 4. The summed E-state index contributed by atoms with van der Waals surface area (Å²) in [6.45, 7) is 5.58. The number of aliphatic carboxylic acids is 1. The van der Waals surface area contributed by atoms with E-state index in [1.165, 1.54) is 0 Å². The Morgan fingerprint density at radius 3 is 2.50 bits per heavy atom. The zero-order valence-electron chi connectivity index (χ0n) is 14.2. The summed E-state index contributed by atoms with van der Waals surface area (Å²) >= 11 is 0. The molecule has 0 aromatic carbocycles. The van der Waals surface area contributed by atoms with Gasteiger partial charge in [0, 0.05) is 19.0 Å². The highest BCUT2D eigenvalue weighted by Gasteiger charge is 2.65. The van der Waals surface area contributed by atoms with Gasteiger partial charge in [-0.1, -0.05) is 6.42 Å². The number of carboxylic acid groups (broad SMARTS) is 1. The topological polar surface area (TPSA) is 94.9 Å². The Morgan fingerprint density at radius 1 is 1.25 bits per heavy atom. The van der Waals surface area contributed by atoms with Crippen LogP contribution >= 0.6 is 0 Å². The predicted molar refractivity (Wildman–Crippen MR) is 90.5 cm³/mol. The number of nitrogens with zero attached hydrogens (tertiary/aromatic N) is 1. The molecule has 1 atom stereocenters. The molecular formula is C17H24NO5S+. The number of hydrogen-bond donors (Lipinski definition) is 2. The molecule has 1 unspecified atom stereocenters. The van der Waals surface area contributed by atoms with Crippen LogP contribution in [0.25, 0.3) is 0 Å². The van der Waals surface area contributed by atoms with Crippen molar-refractivity contribution in [2.75, 3.05) is 6.54 Å². The molecule has 0 amide bonds. The first-order valence-electron chi connectivity index (χ1n) is 8.00. The molecule has 0 spiro atoms. The van der Waals surface area contributed by atoms with E-state index in [4.69, 9.17) is 5.11 Å². The number of allylic oxidation sites excluding steroid dienone is 4. The average Bonchev–Trinajstić information content (AvgIpc) is 2.65. The lowest BCUT2D eigenvalue weighted by molar-refractivity contribution is -0.137. The lowest BCUT2D eigenvalue weighted by Crippen LogP contribution is -2.56. The summed E-state index contributed by atoms with van der Waals surface area (Å²) in [6, 6.07) is 0. The van der Waals surface area contributed by atoms with Crippen LogP contribution in [-0.2, 0) is 14.9 Å². The fourth-order valence-corrected chi connectivity index (χ4v) is 4.72. The number of rotatable bonds is 7. The summed E-state index contributed by atoms with van der Waals surface area (Å²) in [5, 5.41) is 8.69. The van der Waals surface area contributed by atoms with Gasteiger partial charge < -0.3 is 10.0 Å². The molecule has 0 bridgehead atoms. The van der Waals surface area contributed by atoms with E-state index in [0.717, 1.165) is 11.3 Å². The Hall–Kier alpha value is -1.69. The lowest BCUT2D eigenvalue weighted by Gasteiger charge is -2.41. The van der Waals surface area contributed by atoms with Gasteiger partial charge in [0.05, 0.1) is 17.1 Å². The van der Waals surface area contributed by atoms with Crippen molar-refractivity contribution < 1.29 is 22.9 Å². The van der Waals surface area contributed by atoms with Crippen molar-refractivity contribution in [2.45, 2.75) is 51.3 Å². The molecule has 2 N–H and O–H groups in total. The number of carbonyl (C=O) groups is 1. The lowest BCUT2D eigenvalue weighted by atomic mass is 9.79. The Morgan fingerprint density at radius 2 is 1.92 bits per heavy atom. The third kappa shape index (κ3) is 2.88. The maximum atomic E-state index is 12.3. The highest BCUT2D eigenvalue weighted by molar-refractivity contribution is 7.87. The standard InChI is InChI=1S/C17H23NO5S/c1-16(2)13-9-6-7-10-14(13)18(17(16,3)24(21,22)23)12-8-4-5-11-15(19)20/h7,9-10H,4-5,8,11-12H2,1-3H3,(H-,19,20,21,22,23)/p+1. The fraction of sp³-hybridized carbons (Fsp3) is 0.588. The maximum Gasteiger partial charge on any atom is 0.303 e. The molecule has 0 aromatic heterocycles. The molecule has 0 radical (unpaired) electrons. The molecule has 0 saturated carbocycles. The van der Waals surface area contributed by atoms with Crippen molar-refractivity contribution in [3.8, 4) is 0 Å². The van der Waals surface area contributed by atoms with Gasteiger partial charge in [0.1, 0.15) is 12.2 Å². The van der Waals surface area contributed by atoms with E-state index in [1.807, 2.05) is 6.08 Å². The molecule has 6 nitrogen and oxygen atoms in total. The van der Waals surface area contributed by atoms with Crippen LogP contribution < -0.4 is 0 Å². The van der Waals surface area contributed by atoms with Crippen LogP contribution in [0.4, 0.5) is 0 Å². The van der Waals surface area contributed by atoms with Crippen molar-refractivity contribution in [1.29, 1.82) is 0 Å². The zero-order valence-corrected chi connectivity index (χ0v) is 15.1. The van der Waals surface area contributed by atoms with E-state index in [-0.39, 0.29) is 6.42 Å². The van der Waals surface area contributed by atoms with Gasteiger partial charge in [-0.3, -0.25) is 9.35 Å². The summed E-state index contributed by atoms with van der Waals surface area (Å²) in [6.07, 6.45) is 10.3. The van der Waals surface area contributed by atoms with Gasteiger partial charge >= 0.3 is 5.97 Å². The molecule has 1 heterocycles. The van der Waals surface area contributed by atoms with Crippen LogP contribution in [-0.4, -0.2) is 40.4 Å². The van der Waals surface area contributed by atoms with E-state index < -0.39 is 26.4 Å². The van der Waals surface area contributed by atoms with Crippen LogP contribution in [0.2, 0.25) is 0 Å². The Kier molecular flexibility index (Phi) is 4.91. The molecule has 7 heteroatoms. The summed E-state index contributed by atoms with van der Waals surface area (Å²) in [4.78, 5) is 10.8. The molecular weight excluding hydrogens is 330 g/mol. The predicted octanol–water partition coefficient (Wildman–Crippen LogP) is 2.76. The van der Waals surface area contributed by atoms with Gasteiger partial charge in [0.2, 0.25) is 0 Å². The largest absolute Gasteiger partial charge is 0.481 e. The van der Waals surface area contributed by atoms with E-state index in [1.54, 1.807) is 37.8 Å².